The average molecular weight is 243 g/mol. The van der Waals surface area contributed by atoms with E-state index in [-0.39, 0.29) is 10.9 Å². The van der Waals surface area contributed by atoms with E-state index in [0.717, 1.165) is 10.6 Å². The van der Waals surface area contributed by atoms with E-state index in [1.807, 2.05) is 6.92 Å². The summed E-state index contributed by atoms with van der Waals surface area (Å²) in [5.41, 5.74) is 6.81. The Morgan fingerprint density at radius 1 is 1.53 bits per heavy atom. The number of nitrogens with one attached hydrogen (secondary N) is 1. The van der Waals surface area contributed by atoms with Crippen molar-refractivity contribution in [1.82, 2.24) is 5.01 Å². The first-order chi connectivity index (χ1) is 6.93. The van der Waals surface area contributed by atoms with Crippen molar-refractivity contribution in [2.45, 2.75) is 6.92 Å². The van der Waals surface area contributed by atoms with Crippen LogP contribution >= 0.6 is 23.8 Å². The monoisotopic (exact) mass is 242 g/mol. The number of thiocarbonyl (C=S) groups is 1. The first-order valence-corrected chi connectivity index (χ1v) is 4.91. The molecule has 0 aliphatic carbocycles. The van der Waals surface area contributed by atoms with Gasteiger partial charge in [0.25, 0.3) is 0 Å². The molecule has 0 aromatic heterocycles. The third-order valence-corrected chi connectivity index (χ3v) is 2.35. The highest BCUT2D eigenvalue weighted by Gasteiger charge is 2.12. The Balaban J connectivity index is 3.07. The van der Waals surface area contributed by atoms with E-state index >= 15 is 0 Å². The SMILES string of the molecule is Cc1cc(Cl)ccc1C(=N)N(N)C(N)=S. The molecule has 80 valence electrons. The van der Waals surface area contributed by atoms with Crippen LogP contribution in [-0.2, 0) is 0 Å². The maximum absolute atomic E-state index is 7.77. The lowest BCUT2D eigenvalue weighted by atomic mass is 10.1. The van der Waals surface area contributed by atoms with Gasteiger partial charge in [0.2, 0.25) is 0 Å². The van der Waals surface area contributed by atoms with E-state index in [1.165, 1.54) is 0 Å². The fraction of sp³-hybridized carbons (Fsp3) is 0.111. The number of hydrogen-bond donors (Lipinski definition) is 3. The Morgan fingerprint density at radius 2 is 2.13 bits per heavy atom. The highest BCUT2D eigenvalue weighted by Crippen LogP contribution is 2.16. The summed E-state index contributed by atoms with van der Waals surface area (Å²) in [7, 11) is 0. The lowest BCUT2D eigenvalue weighted by molar-refractivity contribution is 0.655. The van der Waals surface area contributed by atoms with Crippen LogP contribution in [0, 0.1) is 12.3 Å². The highest BCUT2D eigenvalue weighted by atomic mass is 35.5. The van der Waals surface area contributed by atoms with Crippen molar-refractivity contribution in [1.29, 1.82) is 5.41 Å². The predicted octanol–water partition coefficient (Wildman–Crippen LogP) is 1.39. The van der Waals surface area contributed by atoms with Crippen molar-refractivity contribution in [3.8, 4) is 0 Å². The van der Waals surface area contributed by atoms with Crippen LogP contribution in [0.4, 0.5) is 0 Å². The van der Waals surface area contributed by atoms with Gasteiger partial charge in [-0.2, -0.15) is 0 Å². The zero-order chi connectivity index (χ0) is 11.6. The Kier molecular flexibility index (Phi) is 3.62. The molecule has 0 spiro atoms. The molecule has 0 amide bonds. The van der Waals surface area contributed by atoms with Gasteiger partial charge in [0, 0.05) is 10.6 Å². The van der Waals surface area contributed by atoms with Crippen molar-refractivity contribution in [3.05, 3.63) is 34.3 Å². The van der Waals surface area contributed by atoms with Crippen LogP contribution in [0.15, 0.2) is 18.2 Å². The second-order valence-corrected chi connectivity index (χ2v) is 3.87. The molecule has 0 aliphatic heterocycles. The Bertz CT molecular complexity index is 419. The lowest BCUT2D eigenvalue weighted by Crippen LogP contribution is -2.45. The molecule has 0 fully saturated rings. The van der Waals surface area contributed by atoms with Crippen molar-refractivity contribution in [3.63, 3.8) is 0 Å². The molecule has 4 nitrogen and oxygen atoms in total. The van der Waals surface area contributed by atoms with Crippen LogP contribution in [0.5, 0.6) is 0 Å². The van der Waals surface area contributed by atoms with Crippen LogP contribution in [-0.4, -0.2) is 16.0 Å². The Morgan fingerprint density at radius 3 is 2.60 bits per heavy atom. The van der Waals surface area contributed by atoms with Crippen molar-refractivity contribution < 1.29 is 0 Å². The van der Waals surface area contributed by atoms with Gasteiger partial charge >= 0.3 is 0 Å². The molecule has 0 saturated carbocycles. The number of hydrogen-bond acceptors (Lipinski definition) is 3. The third-order valence-electron chi connectivity index (χ3n) is 1.92. The number of nitrogens with zero attached hydrogens (tertiary/aromatic N) is 1. The summed E-state index contributed by atoms with van der Waals surface area (Å²) >= 11 is 10.5. The molecule has 1 aromatic carbocycles. The Hall–Kier alpha value is -1.17. The van der Waals surface area contributed by atoms with Gasteiger partial charge in [-0.1, -0.05) is 11.6 Å². The molecule has 0 unspecified atom stereocenters. The maximum atomic E-state index is 7.77. The van der Waals surface area contributed by atoms with E-state index in [1.54, 1.807) is 18.2 Å². The van der Waals surface area contributed by atoms with Gasteiger partial charge in [0.15, 0.2) is 5.11 Å². The summed E-state index contributed by atoms with van der Waals surface area (Å²) in [5, 5.41) is 9.28. The van der Waals surface area contributed by atoms with Gasteiger partial charge in [-0.3, -0.25) is 5.41 Å². The van der Waals surface area contributed by atoms with E-state index in [4.69, 9.17) is 28.6 Å². The van der Waals surface area contributed by atoms with Gasteiger partial charge < -0.3 is 5.73 Å². The number of rotatable bonds is 1. The summed E-state index contributed by atoms with van der Waals surface area (Å²) in [6.07, 6.45) is 0. The number of halogens is 1. The van der Waals surface area contributed by atoms with Crippen LogP contribution in [0.25, 0.3) is 0 Å². The molecule has 5 N–H and O–H groups in total. The first kappa shape index (κ1) is 11.9. The number of benzene rings is 1. The average Bonchev–Trinajstić information content (AvgIpc) is 2.15. The van der Waals surface area contributed by atoms with E-state index in [0.29, 0.717) is 10.6 Å². The van der Waals surface area contributed by atoms with E-state index in [9.17, 15) is 0 Å². The molecule has 0 atom stereocenters. The van der Waals surface area contributed by atoms with Crippen LogP contribution in [0.1, 0.15) is 11.1 Å². The minimum Gasteiger partial charge on any atom is -0.375 e. The molecule has 0 heterocycles. The molecule has 15 heavy (non-hydrogen) atoms. The molecule has 6 heteroatoms. The van der Waals surface area contributed by atoms with Crippen molar-refractivity contribution in [2.24, 2.45) is 11.6 Å². The van der Waals surface area contributed by atoms with Gasteiger partial charge in [0.1, 0.15) is 5.84 Å². The normalized spacial score (nSPS) is 9.80. The van der Waals surface area contributed by atoms with Gasteiger partial charge in [-0.25, -0.2) is 10.9 Å². The molecule has 1 aromatic rings. The zero-order valence-corrected chi connectivity index (χ0v) is 9.69. The Labute approximate surface area is 98.3 Å². The molecular weight excluding hydrogens is 232 g/mol. The third kappa shape index (κ3) is 2.65. The minimum absolute atomic E-state index is 0.0469. The molecule has 0 radical (unpaired) electrons. The largest absolute Gasteiger partial charge is 0.375 e. The maximum Gasteiger partial charge on any atom is 0.186 e. The highest BCUT2D eigenvalue weighted by molar-refractivity contribution is 7.80. The fourth-order valence-corrected chi connectivity index (χ4v) is 1.45. The standard InChI is InChI=1S/C9H11ClN4S/c1-5-4-6(10)2-3-7(5)8(11)14(13)9(12)15/h2-4,11H,13H2,1H3,(H2,12,15). The fourth-order valence-electron chi connectivity index (χ4n) is 1.13. The van der Waals surface area contributed by atoms with Crippen LogP contribution in [0.3, 0.4) is 0 Å². The lowest BCUT2D eigenvalue weighted by Gasteiger charge is -2.18. The summed E-state index contributed by atoms with van der Waals surface area (Å²) in [5.74, 6) is 5.56. The van der Waals surface area contributed by atoms with Gasteiger partial charge in [-0.05, 0) is 42.9 Å². The second kappa shape index (κ2) is 4.57. The molecule has 1 rings (SSSR count). The molecule has 0 aliphatic rings. The minimum atomic E-state index is -0.0469. The predicted molar refractivity (Wildman–Crippen MR) is 65.8 cm³/mol. The number of hydrazine groups is 1. The van der Waals surface area contributed by atoms with Gasteiger partial charge in [-0.15, -0.1) is 0 Å². The van der Waals surface area contributed by atoms with Gasteiger partial charge in [0.05, 0.1) is 0 Å². The van der Waals surface area contributed by atoms with Crippen molar-refractivity contribution >= 4 is 34.8 Å². The summed E-state index contributed by atoms with van der Waals surface area (Å²) in [6, 6.07) is 5.14. The van der Waals surface area contributed by atoms with E-state index in [2.05, 4.69) is 12.2 Å². The summed E-state index contributed by atoms with van der Waals surface area (Å²) < 4.78 is 0. The molecule has 0 saturated heterocycles. The number of amidine groups is 1. The number of aryl methyl sites for hydroxylation is 1. The molecular formula is C9H11ClN4S. The quantitative estimate of drug-likeness (QED) is 0.229. The molecule has 0 bridgehead atoms. The second-order valence-electron chi connectivity index (χ2n) is 3.02. The summed E-state index contributed by atoms with van der Waals surface area (Å²) in [6.45, 7) is 1.84. The van der Waals surface area contributed by atoms with Crippen LogP contribution in [0.2, 0.25) is 5.02 Å². The zero-order valence-electron chi connectivity index (χ0n) is 8.12. The smallest absolute Gasteiger partial charge is 0.186 e. The summed E-state index contributed by atoms with van der Waals surface area (Å²) in [4.78, 5) is 0. The first-order valence-electron chi connectivity index (χ1n) is 4.13. The van der Waals surface area contributed by atoms with Crippen LogP contribution < -0.4 is 11.6 Å². The van der Waals surface area contributed by atoms with Crippen molar-refractivity contribution in [2.75, 3.05) is 0 Å². The topological polar surface area (TPSA) is 79.1 Å². The number of nitrogens with two attached hydrogens (primary N) is 2. The van der Waals surface area contributed by atoms with E-state index < -0.39 is 0 Å².